The molecule has 118 valence electrons. The summed E-state index contributed by atoms with van der Waals surface area (Å²) in [6, 6.07) is 0. The van der Waals surface area contributed by atoms with Crippen molar-refractivity contribution >= 4 is 11.6 Å². The van der Waals surface area contributed by atoms with Crippen molar-refractivity contribution in [2.75, 3.05) is 0 Å². The van der Waals surface area contributed by atoms with Crippen molar-refractivity contribution in [2.24, 2.45) is 34.5 Å². The minimum Gasteiger partial charge on any atom is -0.508 e. The SMILES string of the molecule is C[C@]12C=CC(O)=C[C@@H]1CC[C@H]1[C@H]2C(=O)C[C@]2(C)C(=O)CC[C@@H]12. The molecule has 0 spiro atoms. The van der Waals surface area contributed by atoms with Crippen molar-refractivity contribution in [3.63, 3.8) is 0 Å². The van der Waals surface area contributed by atoms with Gasteiger partial charge in [0, 0.05) is 29.6 Å². The summed E-state index contributed by atoms with van der Waals surface area (Å²) in [6.07, 6.45) is 9.76. The summed E-state index contributed by atoms with van der Waals surface area (Å²) in [6.45, 7) is 4.20. The summed E-state index contributed by atoms with van der Waals surface area (Å²) in [4.78, 5) is 25.3. The Balaban J connectivity index is 1.76. The number of aliphatic hydroxyl groups is 1. The second-order valence-corrected chi connectivity index (χ2v) is 8.25. The van der Waals surface area contributed by atoms with Crippen LogP contribution in [0.1, 0.15) is 46.0 Å². The maximum atomic E-state index is 13.0. The van der Waals surface area contributed by atoms with Crippen LogP contribution in [0.4, 0.5) is 0 Å². The van der Waals surface area contributed by atoms with E-state index in [0.717, 1.165) is 19.3 Å². The van der Waals surface area contributed by atoms with Crippen molar-refractivity contribution in [2.45, 2.75) is 46.0 Å². The maximum absolute atomic E-state index is 13.0. The van der Waals surface area contributed by atoms with Crippen LogP contribution in [-0.4, -0.2) is 16.7 Å². The van der Waals surface area contributed by atoms with Gasteiger partial charge in [-0.15, -0.1) is 0 Å². The van der Waals surface area contributed by atoms with Gasteiger partial charge >= 0.3 is 0 Å². The van der Waals surface area contributed by atoms with Gasteiger partial charge in [-0.1, -0.05) is 19.9 Å². The largest absolute Gasteiger partial charge is 0.508 e. The van der Waals surface area contributed by atoms with Crippen LogP contribution in [0.3, 0.4) is 0 Å². The molecule has 3 heteroatoms. The van der Waals surface area contributed by atoms with E-state index in [1.807, 2.05) is 13.0 Å². The first-order chi connectivity index (χ1) is 10.4. The highest BCUT2D eigenvalue weighted by molar-refractivity contribution is 5.95. The van der Waals surface area contributed by atoms with E-state index in [2.05, 4.69) is 13.0 Å². The van der Waals surface area contributed by atoms with Gasteiger partial charge < -0.3 is 5.11 Å². The smallest absolute Gasteiger partial charge is 0.139 e. The van der Waals surface area contributed by atoms with Crippen molar-refractivity contribution in [3.8, 4) is 0 Å². The number of ketones is 2. The summed E-state index contributed by atoms with van der Waals surface area (Å²) in [5, 5.41) is 9.80. The van der Waals surface area contributed by atoms with Gasteiger partial charge in [0.05, 0.1) is 0 Å². The third kappa shape index (κ3) is 1.63. The van der Waals surface area contributed by atoms with Gasteiger partial charge in [-0.3, -0.25) is 9.59 Å². The molecule has 0 bridgehead atoms. The van der Waals surface area contributed by atoms with Crippen LogP contribution in [0, 0.1) is 34.5 Å². The fourth-order valence-corrected chi connectivity index (χ4v) is 6.06. The minimum atomic E-state index is -0.405. The molecular formula is C19H24O3. The Morgan fingerprint density at radius 1 is 1.18 bits per heavy atom. The van der Waals surface area contributed by atoms with Crippen LogP contribution in [0.2, 0.25) is 0 Å². The van der Waals surface area contributed by atoms with Gasteiger partial charge in [-0.2, -0.15) is 0 Å². The Morgan fingerprint density at radius 3 is 2.73 bits per heavy atom. The summed E-state index contributed by atoms with van der Waals surface area (Å²) in [5.74, 6) is 1.84. The molecule has 0 aliphatic heterocycles. The van der Waals surface area contributed by atoms with Crippen LogP contribution in [-0.2, 0) is 9.59 Å². The van der Waals surface area contributed by atoms with E-state index in [1.165, 1.54) is 0 Å². The molecule has 3 saturated carbocycles. The third-order valence-corrected chi connectivity index (χ3v) is 7.24. The van der Waals surface area contributed by atoms with Crippen molar-refractivity contribution < 1.29 is 14.7 Å². The Bertz CT molecular complexity index is 616. The van der Waals surface area contributed by atoms with Crippen molar-refractivity contribution in [3.05, 3.63) is 24.0 Å². The zero-order chi connectivity index (χ0) is 15.7. The van der Waals surface area contributed by atoms with Crippen molar-refractivity contribution in [1.29, 1.82) is 0 Å². The number of carbonyl (C=O) groups excluding carboxylic acids is 2. The average molecular weight is 300 g/mol. The zero-order valence-corrected chi connectivity index (χ0v) is 13.3. The highest BCUT2D eigenvalue weighted by Crippen LogP contribution is 2.62. The number of carbonyl (C=O) groups is 2. The van der Waals surface area contributed by atoms with E-state index >= 15 is 0 Å². The quantitative estimate of drug-likeness (QED) is 0.743. The molecule has 0 radical (unpaired) electrons. The van der Waals surface area contributed by atoms with E-state index in [4.69, 9.17) is 0 Å². The molecule has 0 aromatic carbocycles. The average Bonchev–Trinajstić information content (AvgIpc) is 2.75. The Hall–Kier alpha value is -1.38. The zero-order valence-electron chi connectivity index (χ0n) is 13.3. The molecule has 3 nitrogen and oxygen atoms in total. The molecule has 0 amide bonds. The molecule has 3 fully saturated rings. The van der Waals surface area contributed by atoms with Crippen LogP contribution in [0.5, 0.6) is 0 Å². The number of hydrogen-bond donors (Lipinski definition) is 1. The summed E-state index contributed by atoms with van der Waals surface area (Å²) < 4.78 is 0. The predicted octanol–water partition coefficient (Wildman–Crippen LogP) is 3.61. The van der Waals surface area contributed by atoms with Gasteiger partial charge in [-0.05, 0) is 49.2 Å². The molecule has 4 aliphatic carbocycles. The van der Waals surface area contributed by atoms with Crippen LogP contribution in [0.15, 0.2) is 24.0 Å². The second-order valence-electron chi connectivity index (χ2n) is 8.25. The van der Waals surface area contributed by atoms with Gasteiger partial charge in [0.15, 0.2) is 0 Å². The summed E-state index contributed by atoms with van der Waals surface area (Å²) in [7, 11) is 0. The second kappa shape index (κ2) is 4.33. The van der Waals surface area contributed by atoms with E-state index < -0.39 is 5.41 Å². The highest BCUT2D eigenvalue weighted by atomic mass is 16.3. The number of hydrogen-bond acceptors (Lipinski definition) is 3. The molecule has 0 aromatic rings. The van der Waals surface area contributed by atoms with Crippen LogP contribution in [0.25, 0.3) is 0 Å². The van der Waals surface area contributed by atoms with Crippen molar-refractivity contribution in [1.82, 2.24) is 0 Å². The van der Waals surface area contributed by atoms with Crippen LogP contribution >= 0.6 is 0 Å². The highest BCUT2D eigenvalue weighted by Gasteiger charge is 2.62. The minimum absolute atomic E-state index is 0.0100. The molecule has 1 N–H and O–H groups in total. The first-order valence-corrected chi connectivity index (χ1v) is 8.52. The Labute approximate surface area is 131 Å². The molecule has 4 rings (SSSR count). The van der Waals surface area contributed by atoms with Gasteiger partial charge in [0.25, 0.3) is 0 Å². The van der Waals surface area contributed by atoms with Gasteiger partial charge in [0.1, 0.15) is 17.3 Å². The molecule has 0 aromatic heterocycles. The summed E-state index contributed by atoms with van der Waals surface area (Å²) in [5.41, 5.74) is -0.600. The van der Waals surface area contributed by atoms with E-state index in [1.54, 1.807) is 6.08 Å². The number of Topliss-reactive ketones (excluding diaryl/α,β-unsaturated/α-hetero) is 2. The normalized spacial score (nSPS) is 50.2. The molecule has 6 atom stereocenters. The topological polar surface area (TPSA) is 54.4 Å². The lowest BCUT2D eigenvalue weighted by Gasteiger charge is -2.56. The molecule has 22 heavy (non-hydrogen) atoms. The Kier molecular flexibility index (Phi) is 2.80. The molecule has 0 heterocycles. The molecule has 4 aliphatic rings. The standard InChI is InChI=1S/C19H24O3/c1-18-8-7-12(20)9-11(18)3-4-13-14-5-6-16(22)19(14,2)10-15(21)17(13)18/h7-9,11,13-14,17,20H,3-6,10H2,1-2H3/t11-,13+,14-,17-,18-,19-/m0/s1. The molecule has 0 unspecified atom stereocenters. The number of allylic oxidation sites excluding steroid dienone is 3. The van der Waals surface area contributed by atoms with E-state index in [0.29, 0.717) is 36.2 Å². The lowest BCUT2D eigenvalue weighted by atomic mass is 9.47. The fourth-order valence-electron chi connectivity index (χ4n) is 6.06. The number of fused-ring (bicyclic) bond motifs is 5. The lowest BCUT2D eigenvalue weighted by molar-refractivity contribution is -0.151. The fraction of sp³-hybridized carbons (Fsp3) is 0.684. The first kappa shape index (κ1) is 14.2. The monoisotopic (exact) mass is 300 g/mol. The third-order valence-electron chi connectivity index (χ3n) is 7.24. The van der Waals surface area contributed by atoms with Gasteiger partial charge in [-0.25, -0.2) is 0 Å². The molecular weight excluding hydrogens is 276 g/mol. The predicted molar refractivity (Wildman–Crippen MR) is 83.1 cm³/mol. The maximum Gasteiger partial charge on any atom is 0.139 e. The number of rotatable bonds is 0. The van der Waals surface area contributed by atoms with Gasteiger partial charge in [0.2, 0.25) is 0 Å². The van der Waals surface area contributed by atoms with E-state index in [9.17, 15) is 14.7 Å². The number of aliphatic hydroxyl groups excluding tert-OH is 1. The van der Waals surface area contributed by atoms with Crippen LogP contribution < -0.4 is 0 Å². The Morgan fingerprint density at radius 2 is 1.95 bits per heavy atom. The molecule has 0 saturated heterocycles. The first-order valence-electron chi connectivity index (χ1n) is 8.52. The van der Waals surface area contributed by atoms with E-state index in [-0.39, 0.29) is 23.0 Å². The summed E-state index contributed by atoms with van der Waals surface area (Å²) >= 11 is 0. The lowest BCUT2D eigenvalue weighted by Crippen LogP contribution is -2.55.